The summed E-state index contributed by atoms with van der Waals surface area (Å²) in [5, 5.41) is 1.22. The van der Waals surface area contributed by atoms with Crippen LogP contribution >= 0.6 is 15.9 Å². The van der Waals surface area contributed by atoms with Crippen LogP contribution in [0.1, 0.15) is 32.1 Å². The van der Waals surface area contributed by atoms with Crippen molar-refractivity contribution >= 4 is 15.9 Å². The third kappa shape index (κ3) is 1.69. The van der Waals surface area contributed by atoms with E-state index >= 15 is 0 Å². The molecule has 2 heteroatoms. The Bertz CT molecular complexity index is 140. The molecule has 0 aromatic heterocycles. The topological polar surface area (TPSA) is 3.24 Å². The molecule has 0 aromatic carbocycles. The molecule has 0 N–H and O–H groups in total. The fourth-order valence-corrected chi connectivity index (χ4v) is 3.51. The second-order valence-corrected chi connectivity index (χ2v) is 4.80. The average molecular weight is 232 g/mol. The van der Waals surface area contributed by atoms with E-state index in [1.807, 2.05) is 0 Å². The van der Waals surface area contributed by atoms with Crippen LogP contribution in [0, 0.1) is 5.92 Å². The minimum atomic E-state index is 0.923. The zero-order chi connectivity index (χ0) is 8.39. The maximum Gasteiger partial charge on any atom is 0.0131 e. The third-order valence-electron chi connectivity index (χ3n) is 3.43. The maximum atomic E-state index is 3.65. The monoisotopic (exact) mass is 231 g/mol. The Kier molecular flexibility index (Phi) is 3.08. The molecule has 0 radical (unpaired) electrons. The van der Waals surface area contributed by atoms with Gasteiger partial charge in [-0.1, -0.05) is 22.4 Å². The van der Waals surface area contributed by atoms with Crippen molar-refractivity contribution in [2.24, 2.45) is 5.92 Å². The van der Waals surface area contributed by atoms with Gasteiger partial charge >= 0.3 is 0 Å². The van der Waals surface area contributed by atoms with E-state index in [0.717, 1.165) is 12.0 Å². The Labute approximate surface area is 83.6 Å². The Morgan fingerprint density at radius 2 is 1.92 bits per heavy atom. The molecular formula is C10H18BrN. The van der Waals surface area contributed by atoms with Crippen molar-refractivity contribution in [1.82, 2.24) is 4.90 Å². The summed E-state index contributed by atoms with van der Waals surface area (Å²) in [5.41, 5.74) is 0. The molecule has 0 aromatic rings. The zero-order valence-corrected chi connectivity index (χ0v) is 9.22. The predicted octanol–water partition coefficient (Wildman–Crippen LogP) is 2.65. The van der Waals surface area contributed by atoms with Gasteiger partial charge in [-0.25, -0.2) is 0 Å². The molecule has 2 atom stereocenters. The van der Waals surface area contributed by atoms with Gasteiger partial charge in [0.05, 0.1) is 0 Å². The molecule has 2 fully saturated rings. The molecule has 0 unspecified atom stereocenters. The van der Waals surface area contributed by atoms with E-state index in [0.29, 0.717) is 0 Å². The standard InChI is InChI=1S/C10H18BrN/c11-8-9-4-3-7-12-6-2-1-5-10(9)12/h9-10H,1-8H2/t9-,10+/m0/s1. The molecule has 2 heterocycles. The van der Waals surface area contributed by atoms with Crippen LogP contribution < -0.4 is 0 Å². The zero-order valence-electron chi connectivity index (χ0n) is 7.64. The predicted molar refractivity (Wildman–Crippen MR) is 55.7 cm³/mol. The second-order valence-electron chi connectivity index (χ2n) is 4.16. The SMILES string of the molecule is BrC[C@@H]1CCCN2CCCC[C@H]12. The van der Waals surface area contributed by atoms with Crippen LogP contribution in [-0.2, 0) is 0 Å². The van der Waals surface area contributed by atoms with E-state index in [2.05, 4.69) is 20.8 Å². The lowest BCUT2D eigenvalue weighted by atomic mass is 9.85. The van der Waals surface area contributed by atoms with Crippen LogP contribution in [0.25, 0.3) is 0 Å². The van der Waals surface area contributed by atoms with E-state index in [1.54, 1.807) is 0 Å². The normalized spacial score (nSPS) is 37.8. The number of rotatable bonds is 1. The highest BCUT2D eigenvalue weighted by Gasteiger charge is 2.31. The fourth-order valence-electron chi connectivity index (χ4n) is 2.76. The molecule has 12 heavy (non-hydrogen) atoms. The van der Waals surface area contributed by atoms with Gasteiger partial charge in [0.15, 0.2) is 0 Å². The quantitative estimate of drug-likeness (QED) is 0.628. The lowest BCUT2D eigenvalue weighted by molar-refractivity contribution is 0.0698. The summed E-state index contributed by atoms with van der Waals surface area (Å²) >= 11 is 3.65. The molecule has 0 saturated carbocycles. The van der Waals surface area contributed by atoms with Crippen LogP contribution in [0.2, 0.25) is 0 Å². The molecule has 1 nitrogen and oxygen atoms in total. The van der Waals surface area contributed by atoms with Crippen molar-refractivity contribution in [2.75, 3.05) is 18.4 Å². The van der Waals surface area contributed by atoms with Gasteiger partial charge in [0.1, 0.15) is 0 Å². The summed E-state index contributed by atoms with van der Waals surface area (Å²) in [6.07, 6.45) is 7.23. The Morgan fingerprint density at radius 1 is 1.08 bits per heavy atom. The van der Waals surface area contributed by atoms with Crippen molar-refractivity contribution in [2.45, 2.75) is 38.1 Å². The molecule has 2 aliphatic rings. The smallest absolute Gasteiger partial charge is 0.0131 e. The van der Waals surface area contributed by atoms with Gasteiger partial charge in [-0.05, 0) is 44.7 Å². The summed E-state index contributed by atoms with van der Waals surface area (Å²) in [6.45, 7) is 2.74. The first-order chi connectivity index (χ1) is 5.92. The van der Waals surface area contributed by atoms with Crippen LogP contribution in [0.4, 0.5) is 0 Å². The van der Waals surface area contributed by atoms with Crippen LogP contribution in [0.5, 0.6) is 0 Å². The van der Waals surface area contributed by atoms with Crippen molar-refractivity contribution in [1.29, 1.82) is 0 Å². The molecule has 2 saturated heterocycles. The van der Waals surface area contributed by atoms with Gasteiger partial charge < -0.3 is 4.90 Å². The Hall–Kier alpha value is 0.440. The minimum absolute atomic E-state index is 0.923. The van der Waals surface area contributed by atoms with Gasteiger partial charge in [-0.15, -0.1) is 0 Å². The minimum Gasteiger partial charge on any atom is -0.300 e. The summed E-state index contributed by atoms with van der Waals surface area (Å²) in [6, 6.07) is 0.923. The van der Waals surface area contributed by atoms with E-state index in [1.165, 1.54) is 50.5 Å². The number of alkyl halides is 1. The highest BCUT2D eigenvalue weighted by molar-refractivity contribution is 9.09. The Morgan fingerprint density at radius 3 is 2.75 bits per heavy atom. The van der Waals surface area contributed by atoms with Crippen molar-refractivity contribution in [3.8, 4) is 0 Å². The van der Waals surface area contributed by atoms with Crippen LogP contribution in [-0.4, -0.2) is 29.4 Å². The number of hydrogen-bond acceptors (Lipinski definition) is 1. The maximum absolute atomic E-state index is 3.65. The number of halogens is 1. The van der Waals surface area contributed by atoms with Crippen molar-refractivity contribution in [3.63, 3.8) is 0 Å². The molecule has 0 spiro atoms. The third-order valence-corrected chi connectivity index (χ3v) is 4.26. The van der Waals surface area contributed by atoms with Gasteiger partial charge in [-0.3, -0.25) is 0 Å². The second kappa shape index (κ2) is 4.10. The lowest BCUT2D eigenvalue weighted by Gasteiger charge is -2.43. The van der Waals surface area contributed by atoms with Gasteiger partial charge in [0.25, 0.3) is 0 Å². The highest BCUT2D eigenvalue weighted by atomic mass is 79.9. The average Bonchev–Trinajstić information content (AvgIpc) is 2.17. The Balaban J connectivity index is 1.99. The van der Waals surface area contributed by atoms with E-state index in [-0.39, 0.29) is 0 Å². The summed E-state index contributed by atoms with van der Waals surface area (Å²) < 4.78 is 0. The van der Waals surface area contributed by atoms with Gasteiger partial charge in [0, 0.05) is 11.4 Å². The first kappa shape index (κ1) is 9.01. The molecule has 0 aliphatic carbocycles. The first-order valence-corrected chi connectivity index (χ1v) is 6.34. The van der Waals surface area contributed by atoms with Crippen molar-refractivity contribution in [3.05, 3.63) is 0 Å². The number of piperidine rings is 2. The summed E-state index contributed by atoms with van der Waals surface area (Å²) in [5.74, 6) is 0.944. The first-order valence-electron chi connectivity index (χ1n) is 5.22. The fraction of sp³-hybridized carbons (Fsp3) is 1.00. The number of fused-ring (bicyclic) bond motifs is 1. The number of hydrogen-bond donors (Lipinski definition) is 0. The molecule has 70 valence electrons. The number of nitrogens with zero attached hydrogens (tertiary/aromatic N) is 1. The molecular weight excluding hydrogens is 214 g/mol. The van der Waals surface area contributed by atoms with E-state index in [9.17, 15) is 0 Å². The summed E-state index contributed by atoms with van der Waals surface area (Å²) in [7, 11) is 0. The van der Waals surface area contributed by atoms with E-state index < -0.39 is 0 Å². The largest absolute Gasteiger partial charge is 0.300 e. The van der Waals surface area contributed by atoms with Crippen LogP contribution in [0.3, 0.4) is 0 Å². The van der Waals surface area contributed by atoms with E-state index in [4.69, 9.17) is 0 Å². The lowest BCUT2D eigenvalue weighted by Crippen LogP contribution is -2.48. The molecule has 2 aliphatic heterocycles. The summed E-state index contributed by atoms with van der Waals surface area (Å²) in [4.78, 5) is 2.72. The molecule has 2 rings (SSSR count). The van der Waals surface area contributed by atoms with Gasteiger partial charge in [0.2, 0.25) is 0 Å². The highest BCUT2D eigenvalue weighted by Crippen LogP contribution is 2.31. The molecule has 0 bridgehead atoms. The van der Waals surface area contributed by atoms with Crippen molar-refractivity contribution < 1.29 is 0 Å². The van der Waals surface area contributed by atoms with Crippen LogP contribution in [0.15, 0.2) is 0 Å². The van der Waals surface area contributed by atoms with Gasteiger partial charge in [-0.2, -0.15) is 0 Å². The molecule has 0 amide bonds.